The number of amides is 1. The fourth-order valence-electron chi connectivity index (χ4n) is 3.62. The molecule has 0 saturated carbocycles. The van der Waals surface area contributed by atoms with E-state index >= 15 is 0 Å². The molecule has 0 saturated heterocycles. The highest BCUT2D eigenvalue weighted by Crippen LogP contribution is 2.39. The van der Waals surface area contributed by atoms with E-state index in [1.54, 1.807) is 24.3 Å². The summed E-state index contributed by atoms with van der Waals surface area (Å²) in [5.41, 5.74) is 3.72. The molecule has 1 atom stereocenters. The van der Waals surface area contributed by atoms with Crippen LogP contribution < -0.4 is 14.4 Å². The zero-order chi connectivity index (χ0) is 21.1. The third kappa shape index (κ3) is 3.79. The molecule has 1 aliphatic rings. The minimum Gasteiger partial charge on any atom is -0.493 e. The van der Waals surface area contributed by atoms with Crippen LogP contribution in [0.1, 0.15) is 35.0 Å². The van der Waals surface area contributed by atoms with E-state index in [0.29, 0.717) is 28.6 Å². The molecular formula is C25H24N2O3. The molecule has 5 heteroatoms. The molecule has 30 heavy (non-hydrogen) atoms. The van der Waals surface area contributed by atoms with Crippen molar-refractivity contribution in [3.05, 3.63) is 90.3 Å². The Labute approximate surface area is 176 Å². The first-order valence-corrected chi connectivity index (χ1v) is 9.96. The van der Waals surface area contributed by atoms with Crippen LogP contribution in [0.2, 0.25) is 0 Å². The average Bonchev–Trinajstić information content (AvgIpc) is 3.03. The lowest BCUT2D eigenvalue weighted by Crippen LogP contribution is -2.22. The van der Waals surface area contributed by atoms with Crippen LogP contribution in [0, 0.1) is 0 Å². The number of hydrogen-bond acceptors (Lipinski definition) is 4. The normalized spacial score (nSPS) is 13.9. The number of hydrogen-bond donors (Lipinski definition) is 0. The molecule has 1 aromatic heterocycles. The summed E-state index contributed by atoms with van der Waals surface area (Å²) in [6.45, 7) is 6.13. The van der Waals surface area contributed by atoms with Crippen molar-refractivity contribution in [2.45, 2.75) is 25.9 Å². The number of aryl methyl sites for hydroxylation is 1. The molecule has 0 radical (unpaired) electrons. The van der Waals surface area contributed by atoms with Crippen molar-refractivity contribution in [2.24, 2.45) is 0 Å². The average molecular weight is 400 g/mol. The van der Waals surface area contributed by atoms with Crippen molar-refractivity contribution in [1.29, 1.82) is 0 Å². The summed E-state index contributed by atoms with van der Waals surface area (Å²) in [7, 11) is 1.61. The van der Waals surface area contributed by atoms with Gasteiger partial charge in [0.25, 0.3) is 5.91 Å². The molecule has 0 bridgehead atoms. The minimum atomic E-state index is -0.191. The summed E-state index contributed by atoms with van der Waals surface area (Å²) in [6, 6.07) is 19.5. The smallest absolute Gasteiger partial charge is 0.282 e. The van der Waals surface area contributed by atoms with Gasteiger partial charge >= 0.3 is 0 Å². The van der Waals surface area contributed by atoms with Gasteiger partial charge in [0.05, 0.1) is 24.6 Å². The Bertz CT molecular complexity index is 1040. The number of rotatable bonds is 7. The highest BCUT2D eigenvalue weighted by atomic mass is 16.5. The predicted octanol–water partition coefficient (Wildman–Crippen LogP) is 5.12. The molecule has 2 aromatic carbocycles. The number of aromatic nitrogens is 1. The van der Waals surface area contributed by atoms with E-state index in [9.17, 15) is 4.79 Å². The summed E-state index contributed by atoms with van der Waals surface area (Å²) < 4.78 is 11.7. The molecule has 2 heterocycles. The quantitative estimate of drug-likeness (QED) is 0.552. The molecule has 5 nitrogen and oxygen atoms in total. The summed E-state index contributed by atoms with van der Waals surface area (Å²) in [4.78, 5) is 18.7. The summed E-state index contributed by atoms with van der Waals surface area (Å²) >= 11 is 0. The summed E-state index contributed by atoms with van der Waals surface area (Å²) in [5, 5.41) is 0. The van der Waals surface area contributed by atoms with Gasteiger partial charge in [0.2, 0.25) is 0 Å². The number of benzene rings is 2. The van der Waals surface area contributed by atoms with E-state index in [-0.39, 0.29) is 12.0 Å². The van der Waals surface area contributed by atoms with Crippen LogP contribution in [-0.2, 0) is 6.42 Å². The van der Waals surface area contributed by atoms with Gasteiger partial charge in [0, 0.05) is 17.8 Å². The van der Waals surface area contributed by atoms with Crippen molar-refractivity contribution in [1.82, 2.24) is 4.98 Å². The first kappa shape index (κ1) is 19.7. The predicted molar refractivity (Wildman–Crippen MR) is 118 cm³/mol. The summed E-state index contributed by atoms with van der Waals surface area (Å²) in [5.74, 6) is 1.03. The maximum Gasteiger partial charge on any atom is 0.282 e. The maximum absolute atomic E-state index is 12.9. The van der Waals surface area contributed by atoms with Crippen LogP contribution in [0.4, 0.5) is 5.69 Å². The number of pyridine rings is 1. The Hall–Kier alpha value is -3.60. The van der Waals surface area contributed by atoms with Gasteiger partial charge in [-0.25, -0.2) is 0 Å². The number of nitrogens with zero attached hydrogens (tertiary/aromatic N) is 2. The van der Waals surface area contributed by atoms with Gasteiger partial charge in [-0.05, 0) is 49.6 Å². The van der Waals surface area contributed by atoms with Crippen LogP contribution in [0.3, 0.4) is 0 Å². The van der Waals surface area contributed by atoms with Gasteiger partial charge in [0.1, 0.15) is 5.69 Å². The van der Waals surface area contributed by atoms with Crippen molar-refractivity contribution < 1.29 is 14.3 Å². The van der Waals surface area contributed by atoms with E-state index in [1.807, 2.05) is 49.4 Å². The second kappa shape index (κ2) is 8.41. The van der Waals surface area contributed by atoms with Crippen molar-refractivity contribution >= 4 is 17.3 Å². The Morgan fingerprint density at radius 1 is 1.07 bits per heavy atom. The number of anilines is 1. The largest absolute Gasteiger partial charge is 0.493 e. The van der Waals surface area contributed by atoms with Crippen LogP contribution in [-0.4, -0.2) is 24.1 Å². The second-order valence-electron chi connectivity index (χ2n) is 7.27. The molecular weight excluding hydrogens is 376 g/mol. The van der Waals surface area contributed by atoms with Crippen LogP contribution in [0.15, 0.2) is 73.4 Å². The molecule has 152 valence electrons. The van der Waals surface area contributed by atoms with Gasteiger partial charge in [0.15, 0.2) is 11.5 Å². The molecule has 0 N–H and O–H groups in total. The number of fused-ring (bicyclic) bond motifs is 1. The highest BCUT2D eigenvalue weighted by Gasteiger charge is 2.33. The number of methoxy groups -OCH3 is 1. The van der Waals surface area contributed by atoms with E-state index < -0.39 is 0 Å². The number of ether oxygens (including phenoxy) is 2. The Morgan fingerprint density at radius 2 is 1.87 bits per heavy atom. The van der Waals surface area contributed by atoms with Gasteiger partial charge in [-0.1, -0.05) is 36.9 Å². The molecule has 1 unspecified atom stereocenters. The zero-order valence-electron chi connectivity index (χ0n) is 17.2. The fraction of sp³-hybridized carbons (Fsp3) is 0.200. The molecule has 1 aliphatic heterocycles. The zero-order valence-corrected chi connectivity index (χ0v) is 17.2. The summed E-state index contributed by atoms with van der Waals surface area (Å²) in [6.07, 6.45) is 3.38. The van der Waals surface area contributed by atoms with Gasteiger partial charge in [-0.15, -0.1) is 0 Å². The van der Waals surface area contributed by atoms with E-state index in [0.717, 1.165) is 18.4 Å². The third-order valence-corrected chi connectivity index (χ3v) is 5.21. The standard InChI is InChI=1S/C25H24N2O3/c1-17(11-12-19-8-5-4-6-9-19)30-23-16-20(13-14-22(23)29-3)27-18(2)21-10-7-15-26-24(21)25(27)28/h4-10,13-17H,2,11-12H2,1,3H3. The lowest BCUT2D eigenvalue weighted by molar-refractivity contribution is 0.100. The highest BCUT2D eigenvalue weighted by molar-refractivity contribution is 6.21. The molecule has 3 aromatic rings. The Kier molecular flexibility index (Phi) is 5.53. The van der Waals surface area contributed by atoms with Crippen LogP contribution >= 0.6 is 0 Å². The van der Waals surface area contributed by atoms with E-state index in [4.69, 9.17) is 9.47 Å². The van der Waals surface area contributed by atoms with Crippen molar-refractivity contribution in [2.75, 3.05) is 12.0 Å². The van der Waals surface area contributed by atoms with Crippen molar-refractivity contribution in [3.8, 4) is 11.5 Å². The number of carbonyl (C=O) groups is 1. The second-order valence-corrected chi connectivity index (χ2v) is 7.27. The van der Waals surface area contributed by atoms with Crippen LogP contribution in [0.5, 0.6) is 11.5 Å². The molecule has 4 rings (SSSR count). The van der Waals surface area contributed by atoms with E-state index in [2.05, 4.69) is 23.7 Å². The SMILES string of the molecule is C=C1c2cccnc2C(=O)N1c1ccc(OC)c(OC(C)CCc2ccccc2)c1. The first-order valence-electron chi connectivity index (χ1n) is 9.96. The Balaban J connectivity index is 1.54. The molecule has 1 amide bonds. The van der Waals surface area contributed by atoms with Crippen LogP contribution in [0.25, 0.3) is 5.70 Å². The third-order valence-electron chi connectivity index (χ3n) is 5.21. The van der Waals surface area contributed by atoms with Gasteiger partial charge in [-0.3, -0.25) is 14.7 Å². The first-order chi connectivity index (χ1) is 14.6. The molecule has 0 fully saturated rings. The van der Waals surface area contributed by atoms with E-state index in [1.165, 1.54) is 5.56 Å². The lowest BCUT2D eigenvalue weighted by Gasteiger charge is -2.21. The fourth-order valence-corrected chi connectivity index (χ4v) is 3.62. The van der Waals surface area contributed by atoms with Gasteiger partial charge in [-0.2, -0.15) is 0 Å². The lowest BCUT2D eigenvalue weighted by atomic mass is 10.1. The molecule has 0 aliphatic carbocycles. The maximum atomic E-state index is 12.9. The molecule has 0 spiro atoms. The number of carbonyl (C=O) groups excluding carboxylic acids is 1. The minimum absolute atomic E-state index is 0.0225. The Morgan fingerprint density at radius 3 is 2.60 bits per heavy atom. The van der Waals surface area contributed by atoms with Crippen molar-refractivity contribution in [3.63, 3.8) is 0 Å². The van der Waals surface area contributed by atoms with Gasteiger partial charge < -0.3 is 9.47 Å². The monoisotopic (exact) mass is 400 g/mol. The topological polar surface area (TPSA) is 51.7 Å².